The Labute approximate surface area is 457 Å². The summed E-state index contributed by atoms with van der Waals surface area (Å²) in [6.45, 7) is 25.4. The van der Waals surface area contributed by atoms with Crippen LogP contribution in [0.25, 0.3) is 0 Å². The highest BCUT2D eigenvalue weighted by Gasteiger charge is 2.47. The quantitative estimate of drug-likeness (QED) is 0.0929. The number of piperidine rings is 2. The number of nitrogens with two attached hydrogens (primary N) is 1. The summed E-state index contributed by atoms with van der Waals surface area (Å²) >= 11 is 0. The van der Waals surface area contributed by atoms with Gasteiger partial charge in [0.25, 0.3) is 0 Å². The third kappa shape index (κ3) is 16.8. The number of anilines is 2. The Morgan fingerprint density at radius 2 is 1.14 bits per heavy atom. The second kappa shape index (κ2) is 26.3. The van der Waals surface area contributed by atoms with Gasteiger partial charge in [-0.1, -0.05) is 27.7 Å². The molecule has 6 fully saturated rings. The van der Waals surface area contributed by atoms with Crippen molar-refractivity contribution in [2.24, 2.45) is 28.4 Å². The summed E-state index contributed by atoms with van der Waals surface area (Å²) in [5, 5.41) is 15.1. The van der Waals surface area contributed by atoms with E-state index < -0.39 is 37.5 Å². The van der Waals surface area contributed by atoms with Gasteiger partial charge in [0.1, 0.15) is 28.6 Å². The van der Waals surface area contributed by atoms with E-state index in [4.69, 9.17) is 29.8 Å². The first kappa shape index (κ1) is 61.4. The number of aromatic hydroxyl groups is 1. The van der Waals surface area contributed by atoms with Gasteiger partial charge in [-0.3, -0.25) is 0 Å². The molecule has 76 heavy (non-hydrogen) atoms. The van der Waals surface area contributed by atoms with Gasteiger partial charge in [-0.05, 0) is 174 Å². The van der Waals surface area contributed by atoms with E-state index in [0.29, 0.717) is 42.8 Å². The van der Waals surface area contributed by atoms with Crippen LogP contribution in [-0.2, 0) is 24.4 Å². The normalized spacial score (nSPS) is 20.5. The van der Waals surface area contributed by atoms with Crippen LogP contribution in [0.15, 0.2) is 107 Å². The van der Waals surface area contributed by atoms with Crippen molar-refractivity contribution in [3.05, 3.63) is 97.1 Å². The lowest BCUT2D eigenvalue weighted by Crippen LogP contribution is -2.54. The van der Waals surface area contributed by atoms with Gasteiger partial charge in [-0.15, -0.1) is 12.4 Å². The first-order chi connectivity index (χ1) is 35.3. The summed E-state index contributed by atoms with van der Waals surface area (Å²) in [6.07, 6.45) is 1.29. The lowest BCUT2D eigenvalue weighted by Gasteiger charge is -2.48. The van der Waals surface area contributed by atoms with Crippen LogP contribution < -0.4 is 40.4 Å². The third-order valence-electron chi connectivity index (χ3n) is 14.0. The monoisotopic (exact) mass is 1110 g/mol. The highest BCUT2D eigenvalue weighted by Crippen LogP contribution is 2.44. The van der Waals surface area contributed by atoms with Crippen molar-refractivity contribution in [1.82, 2.24) is 15.5 Å². The Morgan fingerprint density at radius 1 is 0.671 bits per heavy atom. The minimum absolute atomic E-state index is 0. The van der Waals surface area contributed by atoms with Gasteiger partial charge in [0.15, 0.2) is 19.7 Å². The molecule has 6 saturated heterocycles. The van der Waals surface area contributed by atoms with Crippen molar-refractivity contribution in [2.45, 2.75) is 103 Å². The first-order valence-electron chi connectivity index (χ1n) is 26.0. The number of benzene rings is 4. The fraction of sp³-hybridized carbons (Fsp3) is 0.536. The molecule has 4 bridgehead atoms. The number of carbonyl (C=O) groups excluding carboxylic acids is 2. The Hall–Kier alpha value is -5.47. The molecule has 2 amide bonds. The van der Waals surface area contributed by atoms with Crippen LogP contribution in [0.1, 0.15) is 75.2 Å². The van der Waals surface area contributed by atoms with Crippen LogP contribution in [0.3, 0.4) is 0 Å². The van der Waals surface area contributed by atoms with Gasteiger partial charge in [0.2, 0.25) is 0 Å². The molecule has 0 radical (unpaired) electrons. The minimum Gasteiger partial charge on any atom is -0.508 e. The van der Waals surface area contributed by atoms with Gasteiger partial charge >= 0.3 is 12.2 Å². The fourth-order valence-electron chi connectivity index (χ4n) is 10.6. The molecule has 10 rings (SSSR count). The molecule has 20 heteroatoms. The van der Waals surface area contributed by atoms with Gasteiger partial charge in [0.05, 0.1) is 40.6 Å². The molecular formula is C56H81ClN6O11S2. The van der Waals surface area contributed by atoms with Gasteiger partial charge in [-0.25, -0.2) is 26.4 Å². The summed E-state index contributed by atoms with van der Waals surface area (Å²) in [5.41, 5.74) is 7.63. The van der Waals surface area contributed by atoms with Crippen LogP contribution in [0.4, 0.5) is 21.0 Å². The molecule has 4 aromatic carbocycles. The van der Waals surface area contributed by atoms with E-state index in [9.17, 15) is 26.4 Å². The van der Waals surface area contributed by atoms with E-state index in [-0.39, 0.29) is 64.0 Å². The molecular weight excluding hydrogens is 1030 g/mol. The highest BCUT2D eigenvalue weighted by atomic mass is 35.5. The Balaban J connectivity index is 0.000000224. The number of hydrogen-bond donors (Lipinski definition) is 4. The Bertz CT molecular complexity index is 2720. The topological polar surface area (TPSA) is 219 Å². The van der Waals surface area contributed by atoms with Crippen LogP contribution in [-0.4, -0.2) is 134 Å². The molecule has 0 unspecified atom stereocenters. The fourth-order valence-corrected chi connectivity index (χ4v) is 12.9. The molecule has 0 saturated carbocycles. The van der Waals surface area contributed by atoms with Crippen LogP contribution in [0, 0.1) is 22.7 Å². The molecule has 420 valence electrons. The van der Waals surface area contributed by atoms with Crippen LogP contribution in [0.2, 0.25) is 0 Å². The highest BCUT2D eigenvalue weighted by molar-refractivity contribution is 7.91. The Kier molecular flexibility index (Phi) is 21.2. The number of nitrogens with zero attached hydrogens (tertiary/aromatic N) is 3. The van der Waals surface area contributed by atoms with Crippen molar-refractivity contribution in [3.63, 3.8) is 0 Å². The van der Waals surface area contributed by atoms with Crippen LogP contribution in [0.5, 0.6) is 23.0 Å². The summed E-state index contributed by atoms with van der Waals surface area (Å²) in [7, 11) is -6.93. The number of alkyl carbamates (subject to hydrolysis) is 1. The zero-order valence-corrected chi connectivity index (χ0v) is 48.1. The van der Waals surface area contributed by atoms with E-state index in [1.54, 1.807) is 25.7 Å². The first-order valence-corrected chi connectivity index (χ1v) is 29.3. The molecule has 4 aromatic rings. The molecule has 17 nitrogen and oxygen atoms in total. The molecule has 4 atom stereocenters. The summed E-state index contributed by atoms with van der Waals surface area (Å²) < 4.78 is 70.0. The van der Waals surface area contributed by atoms with Crippen molar-refractivity contribution in [3.8, 4) is 23.0 Å². The molecule has 6 aliphatic heterocycles. The van der Waals surface area contributed by atoms with Crippen LogP contribution >= 0.6 is 12.4 Å². The number of amides is 2. The maximum Gasteiger partial charge on any atom is 0.415 e. The number of ether oxygens (including phenoxy) is 4. The summed E-state index contributed by atoms with van der Waals surface area (Å²) in [5.74, 6) is 2.84. The number of sulfone groups is 2. The number of halogens is 1. The average molecular weight is 1110 g/mol. The predicted molar refractivity (Wildman–Crippen MR) is 301 cm³/mol. The molecule has 6 aliphatic rings. The number of phenolic OH excluding ortho intramolecular Hbond substituents is 1. The number of rotatable bonds is 14. The predicted octanol–water partition coefficient (Wildman–Crippen LogP) is 8.58. The van der Waals surface area contributed by atoms with E-state index in [0.717, 1.165) is 55.8 Å². The molecule has 0 aromatic heterocycles. The number of phenols is 1. The van der Waals surface area contributed by atoms with Crippen molar-refractivity contribution >= 4 is 55.6 Å². The largest absolute Gasteiger partial charge is 0.508 e. The SMILES string of the molecule is CC(C)(C)OC(=O)NCCS(=O)(=O)c1ccc(O)cc1.CCOc1ccc(N2C[C@H]3CN(C(=O)Oc4ccc(S(=O)(=O)CCN)cc4)C[C@@H]2C(C)(C)C3)cc1.CCOc1ccc(N2C[C@H]3CNC[C@@H]2C(C)(C)C3)cc1.Cl. The summed E-state index contributed by atoms with van der Waals surface area (Å²) in [6, 6.07) is 28.7. The smallest absolute Gasteiger partial charge is 0.415 e. The molecule has 0 spiro atoms. The van der Waals surface area contributed by atoms with Gasteiger partial charge < -0.3 is 55.1 Å². The Morgan fingerprint density at radius 3 is 1.67 bits per heavy atom. The van der Waals surface area contributed by atoms with Crippen molar-refractivity contribution in [1.29, 1.82) is 0 Å². The number of nitrogens with one attached hydrogen (secondary N) is 2. The van der Waals surface area contributed by atoms with E-state index in [1.165, 1.54) is 67.2 Å². The standard InChI is InChI=1S/C26H35N3O5S.C17H26N2O.C13H19NO5S.ClH/c1-4-33-21-7-5-20(6-8-21)29-17-19-15-26(2,3)24(29)18-28(16-19)25(30)34-22-9-11-23(12-10-22)35(31,32)14-13-27;1-4-20-15-7-5-14(6-8-15)19-12-13-9-17(2,3)16(19)11-18-10-13;1-13(2,3)19-12(16)14-8-9-20(17,18)11-6-4-10(15)5-7-11;/h5-12,19,24H,4,13-18,27H2,1-3H3;5-8,13,16,18H,4,9-12H2,1-3H3;4-7,15H,8-9H2,1-3H3,(H,14,16);1H/t19-,24-;13-,16-;;/m11../s1. The minimum atomic E-state index is -3.50. The molecule has 0 aliphatic carbocycles. The maximum atomic E-state index is 13.1. The number of fused-ring (bicyclic) bond motifs is 8. The number of carbonyl (C=O) groups is 2. The van der Waals surface area contributed by atoms with Crippen molar-refractivity contribution < 1.29 is 50.5 Å². The second-order valence-electron chi connectivity index (χ2n) is 22.1. The zero-order chi connectivity index (χ0) is 54.8. The lowest BCUT2D eigenvalue weighted by molar-refractivity contribution is 0.0531. The average Bonchev–Trinajstić information content (AvgIpc) is 3.79. The van der Waals surface area contributed by atoms with Gasteiger partial charge in [0, 0.05) is 63.2 Å². The second-order valence-corrected chi connectivity index (χ2v) is 26.3. The summed E-state index contributed by atoms with van der Waals surface area (Å²) in [4.78, 5) is 31.6. The van der Waals surface area contributed by atoms with E-state index in [2.05, 4.69) is 84.5 Å². The van der Waals surface area contributed by atoms with E-state index >= 15 is 0 Å². The van der Waals surface area contributed by atoms with Crippen molar-refractivity contribution in [2.75, 3.05) is 86.9 Å². The third-order valence-corrected chi connectivity index (χ3v) is 17.5. The molecule has 6 heterocycles. The van der Waals surface area contributed by atoms with Gasteiger partial charge in [-0.2, -0.15) is 0 Å². The lowest BCUT2D eigenvalue weighted by atomic mass is 9.73. The molecule has 5 N–H and O–H groups in total. The number of hydrogen-bond acceptors (Lipinski definition) is 15. The van der Waals surface area contributed by atoms with E-state index in [1.807, 2.05) is 26.0 Å². The maximum absolute atomic E-state index is 13.1. The zero-order valence-electron chi connectivity index (χ0n) is 45.6.